The molecule has 1 aromatic carbocycles. The van der Waals surface area contributed by atoms with Crippen molar-refractivity contribution in [3.05, 3.63) is 29.8 Å². The first-order valence-electron chi connectivity index (χ1n) is 6.99. The number of anilines is 1. The van der Waals surface area contributed by atoms with E-state index in [1.165, 1.54) is 43.6 Å². The monoisotopic (exact) mass is 243 g/mol. The van der Waals surface area contributed by atoms with E-state index in [1.54, 1.807) is 0 Å². The first kappa shape index (κ1) is 11.7. The quantitative estimate of drug-likeness (QED) is 0.880. The third-order valence-electron chi connectivity index (χ3n) is 3.90. The molecule has 0 aliphatic carbocycles. The summed E-state index contributed by atoms with van der Waals surface area (Å²) in [5.41, 5.74) is 2.82. The molecular weight excluding hydrogens is 222 g/mol. The van der Waals surface area contributed by atoms with Gasteiger partial charge in [0.15, 0.2) is 0 Å². The normalized spacial score (nSPS) is 23.6. The molecule has 1 aromatic rings. The van der Waals surface area contributed by atoms with Gasteiger partial charge in [0.05, 0.1) is 12.9 Å². The second-order valence-corrected chi connectivity index (χ2v) is 5.26. The zero-order valence-corrected chi connectivity index (χ0v) is 10.8. The molecule has 3 heteroatoms. The zero-order chi connectivity index (χ0) is 12.2. The molecule has 3 nitrogen and oxygen atoms in total. The maximum absolute atomic E-state index is 4.32. The fraction of sp³-hybridized carbons (Fsp3) is 0.533. The van der Waals surface area contributed by atoms with Gasteiger partial charge in [-0.25, -0.2) is 0 Å². The standard InChI is InChI=1S/C15H21N3/c1-2-6-15(18-9-8-17-12-18)14(5-1)10-13-4-3-7-16-11-13/h1-2,5-6,12-13,16H,3-4,7-11H2. The predicted molar refractivity (Wildman–Crippen MR) is 76.4 cm³/mol. The molecule has 96 valence electrons. The molecule has 1 N–H and O–H groups in total. The van der Waals surface area contributed by atoms with Crippen molar-refractivity contribution in [1.82, 2.24) is 5.32 Å². The minimum absolute atomic E-state index is 0.791. The highest BCUT2D eigenvalue weighted by Crippen LogP contribution is 2.25. The van der Waals surface area contributed by atoms with Gasteiger partial charge in [-0.1, -0.05) is 18.2 Å². The summed E-state index contributed by atoms with van der Waals surface area (Å²) in [7, 11) is 0. The zero-order valence-electron chi connectivity index (χ0n) is 10.8. The molecule has 0 saturated carbocycles. The third kappa shape index (κ3) is 2.56. The maximum Gasteiger partial charge on any atom is 0.0895 e. The Balaban J connectivity index is 1.75. The van der Waals surface area contributed by atoms with E-state index in [-0.39, 0.29) is 0 Å². The lowest BCUT2D eigenvalue weighted by Crippen LogP contribution is -2.31. The maximum atomic E-state index is 4.32. The average Bonchev–Trinajstić information content (AvgIpc) is 2.94. The van der Waals surface area contributed by atoms with E-state index in [2.05, 4.69) is 39.5 Å². The van der Waals surface area contributed by atoms with Crippen molar-refractivity contribution in [2.75, 3.05) is 31.1 Å². The fourth-order valence-electron chi connectivity index (χ4n) is 2.94. The Bertz CT molecular complexity index is 422. The minimum atomic E-state index is 0.791. The van der Waals surface area contributed by atoms with E-state index in [9.17, 15) is 0 Å². The van der Waals surface area contributed by atoms with Crippen LogP contribution in [-0.2, 0) is 6.42 Å². The topological polar surface area (TPSA) is 27.6 Å². The van der Waals surface area contributed by atoms with Gasteiger partial charge in [0.1, 0.15) is 0 Å². The molecule has 1 saturated heterocycles. The summed E-state index contributed by atoms with van der Waals surface area (Å²) in [5.74, 6) is 0.791. The van der Waals surface area contributed by atoms with Crippen LogP contribution in [0.2, 0.25) is 0 Å². The number of rotatable bonds is 3. The van der Waals surface area contributed by atoms with Crippen LogP contribution in [0.15, 0.2) is 29.3 Å². The number of piperidine rings is 1. The number of aliphatic imine (C=N–C) groups is 1. The summed E-state index contributed by atoms with van der Waals surface area (Å²) in [4.78, 5) is 6.60. The summed E-state index contributed by atoms with van der Waals surface area (Å²) >= 11 is 0. The van der Waals surface area contributed by atoms with Crippen LogP contribution in [-0.4, -0.2) is 32.5 Å². The molecule has 2 aliphatic heterocycles. The summed E-state index contributed by atoms with van der Waals surface area (Å²) in [6.45, 7) is 4.32. The van der Waals surface area contributed by atoms with Crippen LogP contribution < -0.4 is 10.2 Å². The average molecular weight is 243 g/mol. The Hall–Kier alpha value is -1.35. The third-order valence-corrected chi connectivity index (χ3v) is 3.90. The molecular formula is C15H21N3. The highest BCUT2D eigenvalue weighted by molar-refractivity contribution is 5.82. The molecule has 0 spiro atoms. The first-order valence-corrected chi connectivity index (χ1v) is 6.99. The minimum Gasteiger partial charge on any atom is -0.331 e. The molecule has 0 bridgehead atoms. The molecule has 1 atom stereocenters. The van der Waals surface area contributed by atoms with Crippen molar-refractivity contribution in [3.8, 4) is 0 Å². The van der Waals surface area contributed by atoms with Crippen molar-refractivity contribution < 1.29 is 0 Å². The van der Waals surface area contributed by atoms with Crippen LogP contribution in [0.25, 0.3) is 0 Å². The summed E-state index contributed by atoms with van der Waals surface area (Å²) in [6, 6.07) is 8.78. The van der Waals surface area contributed by atoms with E-state index in [0.29, 0.717) is 0 Å². The van der Waals surface area contributed by atoms with Gasteiger partial charge in [-0.15, -0.1) is 0 Å². The Kier molecular flexibility index (Phi) is 3.60. The Morgan fingerprint density at radius 2 is 2.28 bits per heavy atom. The number of hydrogen-bond acceptors (Lipinski definition) is 3. The smallest absolute Gasteiger partial charge is 0.0895 e. The van der Waals surface area contributed by atoms with Crippen LogP contribution in [0.4, 0.5) is 5.69 Å². The largest absolute Gasteiger partial charge is 0.331 e. The lowest BCUT2D eigenvalue weighted by molar-refractivity contribution is 0.376. The summed E-state index contributed by atoms with van der Waals surface area (Å²) in [5, 5.41) is 3.50. The molecule has 0 radical (unpaired) electrons. The van der Waals surface area contributed by atoms with Crippen LogP contribution >= 0.6 is 0 Å². The van der Waals surface area contributed by atoms with Gasteiger partial charge in [0, 0.05) is 12.2 Å². The van der Waals surface area contributed by atoms with Gasteiger partial charge < -0.3 is 10.2 Å². The molecule has 18 heavy (non-hydrogen) atoms. The number of nitrogens with one attached hydrogen (secondary N) is 1. The van der Waals surface area contributed by atoms with Crippen LogP contribution in [0.5, 0.6) is 0 Å². The number of nitrogens with zero attached hydrogens (tertiary/aromatic N) is 2. The van der Waals surface area contributed by atoms with E-state index in [0.717, 1.165) is 19.0 Å². The molecule has 2 aliphatic rings. The van der Waals surface area contributed by atoms with Crippen molar-refractivity contribution in [2.45, 2.75) is 19.3 Å². The van der Waals surface area contributed by atoms with Crippen LogP contribution in [0.1, 0.15) is 18.4 Å². The molecule has 1 unspecified atom stereocenters. The van der Waals surface area contributed by atoms with Gasteiger partial charge in [0.2, 0.25) is 0 Å². The summed E-state index contributed by atoms with van der Waals surface area (Å²) in [6.07, 6.45) is 5.85. The molecule has 0 amide bonds. The highest BCUT2D eigenvalue weighted by atomic mass is 15.2. The fourth-order valence-corrected chi connectivity index (χ4v) is 2.94. The molecule has 1 fully saturated rings. The van der Waals surface area contributed by atoms with Gasteiger partial charge in [0.25, 0.3) is 0 Å². The van der Waals surface area contributed by atoms with Gasteiger partial charge in [-0.05, 0) is 49.9 Å². The van der Waals surface area contributed by atoms with E-state index >= 15 is 0 Å². The SMILES string of the molecule is C1=NCCN1c1ccccc1CC1CCCNC1. The lowest BCUT2D eigenvalue weighted by atomic mass is 9.91. The molecule has 2 heterocycles. The van der Waals surface area contributed by atoms with Gasteiger partial charge >= 0.3 is 0 Å². The van der Waals surface area contributed by atoms with Gasteiger partial charge in [-0.2, -0.15) is 0 Å². The summed E-state index contributed by atoms with van der Waals surface area (Å²) < 4.78 is 0. The Morgan fingerprint density at radius 3 is 3.06 bits per heavy atom. The van der Waals surface area contributed by atoms with Crippen molar-refractivity contribution in [1.29, 1.82) is 0 Å². The Labute approximate surface area is 109 Å². The number of benzene rings is 1. The first-order chi connectivity index (χ1) is 8.93. The van der Waals surface area contributed by atoms with Crippen molar-refractivity contribution in [2.24, 2.45) is 10.9 Å². The second kappa shape index (κ2) is 5.53. The lowest BCUT2D eigenvalue weighted by Gasteiger charge is -2.25. The van der Waals surface area contributed by atoms with Crippen molar-refractivity contribution >= 4 is 12.0 Å². The Morgan fingerprint density at radius 1 is 1.33 bits per heavy atom. The van der Waals surface area contributed by atoms with E-state index < -0.39 is 0 Å². The number of para-hydroxylation sites is 1. The van der Waals surface area contributed by atoms with Crippen LogP contribution in [0.3, 0.4) is 0 Å². The molecule has 0 aromatic heterocycles. The van der Waals surface area contributed by atoms with E-state index in [4.69, 9.17) is 0 Å². The second-order valence-electron chi connectivity index (χ2n) is 5.26. The van der Waals surface area contributed by atoms with Gasteiger partial charge in [-0.3, -0.25) is 4.99 Å². The number of hydrogen-bond donors (Lipinski definition) is 1. The van der Waals surface area contributed by atoms with Crippen LogP contribution in [0, 0.1) is 5.92 Å². The highest BCUT2D eigenvalue weighted by Gasteiger charge is 2.17. The predicted octanol–water partition coefficient (Wildman–Crippen LogP) is 2.08. The van der Waals surface area contributed by atoms with Crippen molar-refractivity contribution in [3.63, 3.8) is 0 Å². The molecule has 3 rings (SSSR count). The van der Waals surface area contributed by atoms with E-state index in [1.807, 2.05) is 6.34 Å².